The van der Waals surface area contributed by atoms with Crippen LogP contribution in [-0.2, 0) is 4.74 Å². The smallest absolute Gasteiger partial charge is 0.183 e. The van der Waals surface area contributed by atoms with Gasteiger partial charge in [-0.15, -0.1) is 0 Å². The van der Waals surface area contributed by atoms with Gasteiger partial charge in [-0.3, -0.25) is 4.57 Å². The summed E-state index contributed by atoms with van der Waals surface area (Å²) in [6, 6.07) is 0.354. The molecule has 3 heterocycles. The SMILES string of the molecule is C[C@]1(O)[C@@H](CO)O[C@H](n2cnc3c(NC4CCCC4)ncnc32)[C@]1(C)F. The monoisotopic (exact) mass is 365 g/mol. The lowest BCUT2D eigenvalue weighted by molar-refractivity contribution is -0.0891. The maximum atomic E-state index is 15.4. The number of nitrogens with zero attached hydrogens (tertiary/aromatic N) is 4. The highest BCUT2D eigenvalue weighted by Gasteiger charge is 2.63. The van der Waals surface area contributed by atoms with E-state index in [1.54, 1.807) is 0 Å². The molecule has 1 saturated heterocycles. The van der Waals surface area contributed by atoms with Gasteiger partial charge < -0.3 is 20.3 Å². The Balaban J connectivity index is 1.72. The van der Waals surface area contributed by atoms with Crippen LogP contribution in [0, 0.1) is 0 Å². The van der Waals surface area contributed by atoms with E-state index >= 15 is 4.39 Å². The average Bonchev–Trinajstić information content (AvgIpc) is 3.28. The summed E-state index contributed by atoms with van der Waals surface area (Å²) in [4.78, 5) is 12.9. The first-order valence-electron chi connectivity index (χ1n) is 8.98. The van der Waals surface area contributed by atoms with Crippen molar-refractivity contribution in [2.24, 2.45) is 0 Å². The lowest BCUT2D eigenvalue weighted by Gasteiger charge is -2.32. The topological polar surface area (TPSA) is 105 Å². The number of anilines is 1. The van der Waals surface area contributed by atoms with E-state index in [2.05, 4.69) is 20.3 Å². The highest BCUT2D eigenvalue weighted by molar-refractivity contribution is 5.82. The van der Waals surface area contributed by atoms with Gasteiger partial charge in [0.05, 0.1) is 12.9 Å². The number of aromatic nitrogens is 4. The molecule has 9 heteroatoms. The molecule has 0 radical (unpaired) electrons. The van der Waals surface area contributed by atoms with Gasteiger partial charge >= 0.3 is 0 Å². The van der Waals surface area contributed by atoms with Gasteiger partial charge in [0.15, 0.2) is 28.9 Å². The minimum atomic E-state index is -2.14. The van der Waals surface area contributed by atoms with Crippen LogP contribution in [-0.4, -0.2) is 59.8 Å². The molecule has 2 aromatic rings. The third kappa shape index (κ3) is 2.49. The summed E-state index contributed by atoms with van der Waals surface area (Å²) in [6.07, 6.45) is 5.19. The highest BCUT2D eigenvalue weighted by Crippen LogP contribution is 2.48. The summed E-state index contributed by atoms with van der Waals surface area (Å²) >= 11 is 0. The van der Waals surface area contributed by atoms with Gasteiger partial charge in [-0.2, -0.15) is 0 Å². The van der Waals surface area contributed by atoms with Crippen LogP contribution in [0.1, 0.15) is 45.8 Å². The summed E-state index contributed by atoms with van der Waals surface area (Å²) in [5, 5.41) is 23.4. The van der Waals surface area contributed by atoms with Crippen LogP contribution in [0.3, 0.4) is 0 Å². The molecule has 0 unspecified atom stereocenters. The number of imidazole rings is 1. The van der Waals surface area contributed by atoms with E-state index in [4.69, 9.17) is 4.74 Å². The van der Waals surface area contributed by atoms with Crippen LogP contribution in [0.15, 0.2) is 12.7 Å². The number of hydrogen-bond donors (Lipinski definition) is 3. The quantitative estimate of drug-likeness (QED) is 0.755. The third-order valence-corrected chi connectivity index (χ3v) is 5.85. The van der Waals surface area contributed by atoms with Crippen molar-refractivity contribution in [3.8, 4) is 0 Å². The number of ether oxygens (including phenoxy) is 1. The molecule has 0 bridgehead atoms. The van der Waals surface area contributed by atoms with Crippen molar-refractivity contribution >= 4 is 17.0 Å². The van der Waals surface area contributed by atoms with E-state index in [1.807, 2.05) is 0 Å². The normalized spacial score (nSPS) is 35.4. The fraction of sp³-hybridized carbons (Fsp3) is 0.706. The predicted octanol–water partition coefficient (Wildman–Crippen LogP) is 1.55. The first-order chi connectivity index (χ1) is 12.4. The van der Waals surface area contributed by atoms with E-state index < -0.39 is 30.2 Å². The van der Waals surface area contributed by atoms with Crippen LogP contribution in [0.2, 0.25) is 0 Å². The second-order valence-electron chi connectivity index (χ2n) is 7.55. The number of nitrogens with one attached hydrogen (secondary N) is 1. The molecule has 3 N–H and O–H groups in total. The molecule has 1 aliphatic carbocycles. The highest BCUT2D eigenvalue weighted by atomic mass is 19.1. The molecule has 4 rings (SSSR count). The first-order valence-corrected chi connectivity index (χ1v) is 8.98. The van der Waals surface area contributed by atoms with E-state index in [0.29, 0.717) is 23.0 Å². The van der Waals surface area contributed by atoms with Crippen LogP contribution < -0.4 is 5.32 Å². The minimum absolute atomic E-state index is 0.354. The Kier molecular flexibility index (Phi) is 4.13. The fourth-order valence-electron chi connectivity index (χ4n) is 3.92. The number of alkyl halides is 1. The van der Waals surface area contributed by atoms with Crippen molar-refractivity contribution in [3.63, 3.8) is 0 Å². The van der Waals surface area contributed by atoms with Gasteiger partial charge in [-0.1, -0.05) is 12.8 Å². The molecule has 1 saturated carbocycles. The van der Waals surface area contributed by atoms with Gasteiger partial charge in [0.25, 0.3) is 0 Å². The van der Waals surface area contributed by atoms with Gasteiger partial charge in [0.1, 0.15) is 18.0 Å². The average molecular weight is 365 g/mol. The van der Waals surface area contributed by atoms with E-state index in [0.717, 1.165) is 12.8 Å². The fourth-order valence-corrected chi connectivity index (χ4v) is 3.92. The number of rotatable bonds is 4. The zero-order chi connectivity index (χ0) is 18.5. The Bertz CT molecular complexity index is 803. The Morgan fingerprint density at radius 3 is 2.69 bits per heavy atom. The molecule has 0 aromatic carbocycles. The second kappa shape index (κ2) is 6.11. The van der Waals surface area contributed by atoms with Crippen LogP contribution in [0.25, 0.3) is 11.2 Å². The van der Waals surface area contributed by atoms with Gasteiger partial charge in [0.2, 0.25) is 0 Å². The first kappa shape index (κ1) is 17.6. The Morgan fingerprint density at radius 2 is 2.04 bits per heavy atom. The summed E-state index contributed by atoms with van der Waals surface area (Å²) in [5.41, 5.74) is -3.03. The number of aliphatic hydroxyl groups excluding tert-OH is 1. The maximum absolute atomic E-state index is 15.4. The number of aliphatic hydroxyl groups is 2. The molecule has 2 aromatic heterocycles. The molecular formula is C17H24FN5O3. The van der Waals surface area contributed by atoms with Crippen molar-refractivity contribution in [2.75, 3.05) is 11.9 Å². The number of halogens is 1. The number of fused-ring (bicyclic) bond motifs is 1. The molecular weight excluding hydrogens is 341 g/mol. The predicted molar refractivity (Wildman–Crippen MR) is 92.3 cm³/mol. The Hall–Kier alpha value is -1.84. The van der Waals surface area contributed by atoms with Crippen LogP contribution in [0.5, 0.6) is 0 Å². The van der Waals surface area contributed by atoms with Crippen LogP contribution >= 0.6 is 0 Å². The largest absolute Gasteiger partial charge is 0.394 e. The molecule has 142 valence electrons. The van der Waals surface area contributed by atoms with Crippen LogP contribution in [0.4, 0.5) is 10.2 Å². The van der Waals surface area contributed by atoms with E-state index in [1.165, 1.54) is 43.9 Å². The lowest BCUT2D eigenvalue weighted by atomic mass is 9.85. The van der Waals surface area contributed by atoms with Gasteiger partial charge in [-0.05, 0) is 26.7 Å². The second-order valence-corrected chi connectivity index (χ2v) is 7.55. The molecule has 0 spiro atoms. The van der Waals surface area contributed by atoms with Crippen molar-refractivity contribution in [1.82, 2.24) is 19.5 Å². The molecule has 26 heavy (non-hydrogen) atoms. The van der Waals surface area contributed by atoms with E-state index in [9.17, 15) is 10.2 Å². The summed E-state index contributed by atoms with van der Waals surface area (Å²) < 4.78 is 22.5. The molecule has 8 nitrogen and oxygen atoms in total. The van der Waals surface area contributed by atoms with Gasteiger partial charge in [0, 0.05) is 6.04 Å². The van der Waals surface area contributed by atoms with E-state index in [-0.39, 0.29) is 0 Å². The van der Waals surface area contributed by atoms with Crippen molar-refractivity contribution < 1.29 is 19.3 Å². The third-order valence-electron chi connectivity index (χ3n) is 5.85. The molecule has 4 atom stereocenters. The molecule has 2 fully saturated rings. The summed E-state index contributed by atoms with van der Waals surface area (Å²) in [6.45, 7) is 2.10. The standard InChI is InChI=1S/C17H24FN5O3/c1-16(18)15(26-11(7-24)17(16,2)25)23-9-21-12-13(19-8-20-14(12)23)22-10-5-3-4-6-10/h8-11,15,24-25H,3-7H2,1-2H3,(H,19,20,22)/t11-,15+,16+,17+/m1/s1. The number of hydrogen-bond acceptors (Lipinski definition) is 7. The summed E-state index contributed by atoms with van der Waals surface area (Å²) in [5.74, 6) is 0.615. The van der Waals surface area contributed by atoms with Gasteiger partial charge in [-0.25, -0.2) is 19.3 Å². The molecule has 0 amide bonds. The lowest BCUT2D eigenvalue weighted by Crippen LogP contribution is -2.51. The maximum Gasteiger partial charge on any atom is 0.183 e. The Labute approximate surface area is 150 Å². The van der Waals surface area contributed by atoms with Crippen molar-refractivity contribution in [3.05, 3.63) is 12.7 Å². The zero-order valence-electron chi connectivity index (χ0n) is 14.9. The zero-order valence-corrected chi connectivity index (χ0v) is 14.9. The van der Waals surface area contributed by atoms with Crippen molar-refractivity contribution in [1.29, 1.82) is 0 Å². The van der Waals surface area contributed by atoms with Crippen molar-refractivity contribution in [2.45, 2.75) is 69.2 Å². The minimum Gasteiger partial charge on any atom is -0.394 e. The molecule has 1 aliphatic heterocycles. The Morgan fingerprint density at radius 1 is 1.31 bits per heavy atom. The summed E-state index contributed by atoms with van der Waals surface area (Å²) in [7, 11) is 0. The molecule has 2 aliphatic rings.